The van der Waals surface area contributed by atoms with E-state index in [0.29, 0.717) is 6.42 Å². The molecule has 0 aliphatic carbocycles. The molecule has 2 atom stereocenters. The number of hydrogen-bond donors (Lipinski definition) is 0. The zero-order valence-electron chi connectivity index (χ0n) is 10.5. The second-order valence-corrected chi connectivity index (χ2v) is 6.57. The van der Waals surface area contributed by atoms with Crippen molar-refractivity contribution >= 4 is 15.8 Å². The third-order valence-corrected chi connectivity index (χ3v) is 5.27. The van der Waals surface area contributed by atoms with E-state index >= 15 is 0 Å². The maximum atomic E-state index is 11.9. The summed E-state index contributed by atoms with van der Waals surface area (Å²) in [7, 11) is -1.91. The van der Waals surface area contributed by atoms with Crippen molar-refractivity contribution in [1.29, 1.82) is 0 Å². The number of esters is 1. The summed E-state index contributed by atoms with van der Waals surface area (Å²) in [5.74, 6) is -0.910. The van der Waals surface area contributed by atoms with Gasteiger partial charge in [0.05, 0.1) is 24.0 Å². The SMILES string of the molecule is CCCCCS(=O)(=O)C(C)C(C)C(=O)OC. The van der Waals surface area contributed by atoms with Gasteiger partial charge in [0.2, 0.25) is 0 Å². The monoisotopic (exact) mass is 250 g/mol. The van der Waals surface area contributed by atoms with Crippen LogP contribution in [0.15, 0.2) is 0 Å². The number of unbranched alkanes of at least 4 members (excludes halogenated alkanes) is 2. The van der Waals surface area contributed by atoms with Crippen molar-refractivity contribution in [3.05, 3.63) is 0 Å². The molecule has 96 valence electrons. The molecule has 0 spiro atoms. The van der Waals surface area contributed by atoms with Crippen molar-refractivity contribution in [2.45, 2.75) is 45.3 Å². The van der Waals surface area contributed by atoms with Crippen molar-refractivity contribution in [2.24, 2.45) is 5.92 Å². The number of carbonyl (C=O) groups excluding carboxylic acids is 1. The Balaban J connectivity index is 4.45. The molecule has 0 saturated heterocycles. The minimum atomic E-state index is -3.19. The fraction of sp³-hybridized carbons (Fsp3) is 0.909. The van der Waals surface area contributed by atoms with Crippen LogP contribution in [0.25, 0.3) is 0 Å². The molecule has 0 aliphatic rings. The minimum Gasteiger partial charge on any atom is -0.469 e. The Morgan fingerprint density at radius 2 is 1.81 bits per heavy atom. The van der Waals surface area contributed by atoms with Crippen LogP contribution >= 0.6 is 0 Å². The summed E-state index contributed by atoms with van der Waals surface area (Å²) in [6.45, 7) is 5.18. The topological polar surface area (TPSA) is 60.4 Å². The zero-order valence-corrected chi connectivity index (χ0v) is 11.3. The first-order valence-electron chi connectivity index (χ1n) is 5.66. The maximum absolute atomic E-state index is 11.9. The van der Waals surface area contributed by atoms with Crippen molar-refractivity contribution < 1.29 is 17.9 Å². The van der Waals surface area contributed by atoms with E-state index in [2.05, 4.69) is 4.74 Å². The summed E-state index contributed by atoms with van der Waals surface area (Å²) >= 11 is 0. The lowest BCUT2D eigenvalue weighted by Gasteiger charge is -2.18. The van der Waals surface area contributed by atoms with Crippen LogP contribution < -0.4 is 0 Å². The average Bonchev–Trinajstić information content (AvgIpc) is 2.26. The molecular weight excluding hydrogens is 228 g/mol. The van der Waals surface area contributed by atoms with E-state index in [1.165, 1.54) is 7.11 Å². The lowest BCUT2D eigenvalue weighted by Crippen LogP contribution is -2.33. The van der Waals surface area contributed by atoms with Gasteiger partial charge in [-0.1, -0.05) is 26.7 Å². The molecule has 0 aromatic rings. The molecule has 0 aromatic carbocycles. The minimum absolute atomic E-state index is 0.156. The number of methoxy groups -OCH3 is 1. The van der Waals surface area contributed by atoms with Crippen LogP contribution in [0.3, 0.4) is 0 Å². The van der Waals surface area contributed by atoms with E-state index in [1.54, 1.807) is 13.8 Å². The second kappa shape index (κ2) is 6.89. The van der Waals surface area contributed by atoms with Gasteiger partial charge in [-0.3, -0.25) is 4.79 Å². The third-order valence-electron chi connectivity index (χ3n) is 2.88. The molecule has 0 N–H and O–H groups in total. The first kappa shape index (κ1) is 15.4. The lowest BCUT2D eigenvalue weighted by molar-refractivity contribution is -0.144. The molecule has 5 heteroatoms. The summed E-state index contributed by atoms with van der Waals surface area (Å²) < 4.78 is 28.3. The molecule has 2 unspecified atom stereocenters. The summed E-state index contributed by atoms with van der Waals surface area (Å²) in [6.07, 6.45) is 2.55. The third kappa shape index (κ3) is 4.51. The lowest BCUT2D eigenvalue weighted by atomic mass is 10.1. The van der Waals surface area contributed by atoms with E-state index in [0.717, 1.165) is 12.8 Å². The number of carbonyl (C=O) groups is 1. The Kier molecular flexibility index (Phi) is 6.64. The highest BCUT2D eigenvalue weighted by Crippen LogP contribution is 2.16. The number of sulfone groups is 1. The fourth-order valence-corrected chi connectivity index (χ4v) is 3.14. The van der Waals surface area contributed by atoms with Gasteiger partial charge in [0.25, 0.3) is 0 Å². The van der Waals surface area contributed by atoms with Crippen molar-refractivity contribution in [3.63, 3.8) is 0 Å². The largest absolute Gasteiger partial charge is 0.469 e. The highest BCUT2D eigenvalue weighted by molar-refractivity contribution is 7.92. The Labute approximate surface area is 98.3 Å². The highest BCUT2D eigenvalue weighted by Gasteiger charge is 2.31. The highest BCUT2D eigenvalue weighted by atomic mass is 32.2. The van der Waals surface area contributed by atoms with Gasteiger partial charge < -0.3 is 4.74 Å². The van der Waals surface area contributed by atoms with Gasteiger partial charge >= 0.3 is 5.97 Å². The van der Waals surface area contributed by atoms with Gasteiger partial charge in [-0.25, -0.2) is 8.42 Å². The van der Waals surface area contributed by atoms with Crippen LogP contribution in [-0.2, 0) is 19.4 Å². The van der Waals surface area contributed by atoms with Crippen LogP contribution in [0.2, 0.25) is 0 Å². The van der Waals surface area contributed by atoms with E-state index < -0.39 is 27.0 Å². The summed E-state index contributed by atoms with van der Waals surface area (Å²) in [4.78, 5) is 11.2. The number of hydrogen-bond acceptors (Lipinski definition) is 4. The Bertz CT molecular complexity index is 308. The first-order valence-corrected chi connectivity index (χ1v) is 7.37. The Hall–Kier alpha value is -0.580. The van der Waals surface area contributed by atoms with Crippen LogP contribution in [0.4, 0.5) is 0 Å². The molecule has 0 heterocycles. The first-order chi connectivity index (χ1) is 7.36. The molecule has 0 aliphatic heterocycles. The molecule has 0 bridgehead atoms. The summed E-state index contributed by atoms with van der Waals surface area (Å²) in [6, 6.07) is 0. The molecule has 0 aromatic heterocycles. The molecule has 0 fully saturated rings. The van der Waals surface area contributed by atoms with Gasteiger partial charge in [0.15, 0.2) is 9.84 Å². The molecule has 0 saturated carbocycles. The normalized spacial score (nSPS) is 15.5. The average molecular weight is 250 g/mol. The standard InChI is InChI=1S/C11H22O4S/c1-5-6-7-8-16(13,14)10(3)9(2)11(12)15-4/h9-10H,5-8H2,1-4H3. The van der Waals surface area contributed by atoms with Gasteiger partial charge in [-0.2, -0.15) is 0 Å². The zero-order chi connectivity index (χ0) is 12.8. The molecule has 0 radical (unpaired) electrons. The Morgan fingerprint density at radius 1 is 1.25 bits per heavy atom. The molecule has 0 amide bonds. The predicted molar refractivity (Wildman–Crippen MR) is 64.0 cm³/mol. The smallest absolute Gasteiger partial charge is 0.309 e. The molecule has 0 rings (SSSR count). The van der Waals surface area contributed by atoms with Crippen LogP contribution in [0, 0.1) is 5.92 Å². The van der Waals surface area contributed by atoms with E-state index in [-0.39, 0.29) is 5.75 Å². The summed E-state index contributed by atoms with van der Waals surface area (Å²) in [5, 5.41) is -0.670. The van der Waals surface area contributed by atoms with Crippen molar-refractivity contribution in [3.8, 4) is 0 Å². The maximum Gasteiger partial charge on any atom is 0.309 e. The molecular formula is C11H22O4S. The van der Waals surface area contributed by atoms with Crippen LogP contribution in [-0.4, -0.2) is 32.5 Å². The van der Waals surface area contributed by atoms with Crippen LogP contribution in [0.1, 0.15) is 40.0 Å². The molecule has 16 heavy (non-hydrogen) atoms. The van der Waals surface area contributed by atoms with Gasteiger partial charge in [-0.05, 0) is 13.3 Å². The number of rotatable bonds is 7. The van der Waals surface area contributed by atoms with Gasteiger partial charge in [0.1, 0.15) is 0 Å². The van der Waals surface area contributed by atoms with Crippen LogP contribution in [0.5, 0.6) is 0 Å². The molecule has 4 nitrogen and oxygen atoms in total. The van der Waals surface area contributed by atoms with Gasteiger partial charge in [0, 0.05) is 0 Å². The number of ether oxygens (including phenoxy) is 1. The quantitative estimate of drug-likeness (QED) is 0.510. The van der Waals surface area contributed by atoms with Crippen molar-refractivity contribution in [1.82, 2.24) is 0 Å². The van der Waals surface area contributed by atoms with E-state index in [9.17, 15) is 13.2 Å². The predicted octanol–water partition coefficient (Wildman–Crippen LogP) is 1.79. The fourth-order valence-electron chi connectivity index (χ4n) is 1.43. The van der Waals surface area contributed by atoms with Gasteiger partial charge in [-0.15, -0.1) is 0 Å². The Morgan fingerprint density at radius 3 is 2.25 bits per heavy atom. The van der Waals surface area contributed by atoms with Crippen molar-refractivity contribution in [2.75, 3.05) is 12.9 Å². The van der Waals surface area contributed by atoms with E-state index in [4.69, 9.17) is 0 Å². The van der Waals surface area contributed by atoms with E-state index in [1.807, 2.05) is 6.92 Å². The second-order valence-electron chi connectivity index (χ2n) is 4.09. The summed E-state index contributed by atoms with van der Waals surface area (Å²) in [5.41, 5.74) is 0.